The fraction of sp³-hybridized carbons (Fsp3) is 1.00. The van der Waals surface area contributed by atoms with Crippen molar-refractivity contribution in [3.05, 3.63) is 0 Å². The highest BCUT2D eigenvalue weighted by Crippen LogP contribution is 2.20. The minimum absolute atomic E-state index is 0.881. The first-order chi connectivity index (χ1) is 9.64. The number of rotatable bonds is 7. The maximum atomic E-state index is 10.7. The van der Waals surface area contributed by atoms with Gasteiger partial charge in [-0.15, -0.1) is 0 Å². The molecule has 0 heterocycles. The molecule has 0 aromatic rings. The van der Waals surface area contributed by atoms with E-state index in [0.717, 1.165) is 23.5 Å². The summed E-state index contributed by atoms with van der Waals surface area (Å²) in [6, 6.07) is 0.881. The lowest BCUT2D eigenvalue weighted by Gasteiger charge is -2.27. The summed E-state index contributed by atoms with van der Waals surface area (Å²) in [5, 5.41) is 0. The van der Waals surface area contributed by atoms with Crippen molar-refractivity contribution >= 4 is 18.9 Å². The van der Waals surface area contributed by atoms with Crippen molar-refractivity contribution in [1.82, 2.24) is 0 Å². The Morgan fingerprint density at radius 1 is 1.05 bits per heavy atom. The van der Waals surface area contributed by atoms with Gasteiger partial charge in [0.1, 0.15) is 0 Å². The standard InChI is InChI=1S/C9H24NO3Si.CHF3O3S/c1-10(2,3)8-7-9-14(11-4,12-5)13-6;2-1(3,4)8(5,6)7/h7-9H2,1-6H3;(H,5,6,7)/q+1;. The summed E-state index contributed by atoms with van der Waals surface area (Å²) < 4.78 is 74.5. The Balaban J connectivity index is 0. The second-order valence-electron chi connectivity index (χ2n) is 5.33. The fourth-order valence-electron chi connectivity index (χ4n) is 1.33. The Labute approximate surface area is 130 Å². The molecule has 0 spiro atoms. The number of quaternary nitrogens is 1. The molecular formula is C10H25F3NO6SSi+. The van der Waals surface area contributed by atoms with Gasteiger partial charge < -0.3 is 17.8 Å². The van der Waals surface area contributed by atoms with E-state index < -0.39 is 24.4 Å². The molecule has 0 rings (SSSR count). The van der Waals surface area contributed by atoms with Crippen LogP contribution in [0.3, 0.4) is 0 Å². The molecule has 0 aromatic carbocycles. The van der Waals surface area contributed by atoms with E-state index in [1.807, 2.05) is 0 Å². The highest BCUT2D eigenvalue weighted by molar-refractivity contribution is 7.86. The molecule has 7 nitrogen and oxygen atoms in total. The molecule has 0 aromatic heterocycles. The van der Waals surface area contributed by atoms with Crippen molar-refractivity contribution in [1.29, 1.82) is 0 Å². The number of hydrogen-bond donors (Lipinski definition) is 1. The summed E-state index contributed by atoms with van der Waals surface area (Å²) in [4.78, 5) is 0. The smallest absolute Gasteiger partial charge is 0.377 e. The molecule has 0 fully saturated rings. The number of alkyl halides is 3. The van der Waals surface area contributed by atoms with E-state index in [0.29, 0.717) is 0 Å². The average molecular weight is 372 g/mol. The zero-order valence-corrected chi connectivity index (χ0v) is 15.4. The maximum absolute atomic E-state index is 10.7. The van der Waals surface area contributed by atoms with Gasteiger partial charge in [0.05, 0.1) is 27.7 Å². The summed E-state index contributed by atoms with van der Waals surface area (Å²) >= 11 is 0. The molecule has 0 bridgehead atoms. The summed E-state index contributed by atoms with van der Waals surface area (Å²) in [5.41, 5.74) is -5.53. The van der Waals surface area contributed by atoms with E-state index in [2.05, 4.69) is 21.1 Å². The fourth-order valence-corrected chi connectivity index (χ4v) is 3.03. The van der Waals surface area contributed by atoms with Crippen LogP contribution in [0.4, 0.5) is 13.2 Å². The molecule has 0 saturated heterocycles. The van der Waals surface area contributed by atoms with E-state index in [9.17, 15) is 13.2 Å². The van der Waals surface area contributed by atoms with Crippen LogP contribution in [0.2, 0.25) is 6.04 Å². The molecule has 0 unspecified atom stereocenters. The Morgan fingerprint density at radius 3 is 1.55 bits per heavy atom. The quantitative estimate of drug-likeness (QED) is 0.314. The van der Waals surface area contributed by atoms with Crippen molar-refractivity contribution in [3.63, 3.8) is 0 Å². The first-order valence-electron chi connectivity index (χ1n) is 6.14. The topological polar surface area (TPSA) is 82.1 Å². The van der Waals surface area contributed by atoms with Crippen molar-refractivity contribution < 1.29 is 43.9 Å². The molecular weight excluding hydrogens is 347 g/mol. The highest BCUT2D eigenvalue weighted by atomic mass is 32.2. The van der Waals surface area contributed by atoms with E-state index in [1.54, 1.807) is 21.3 Å². The summed E-state index contributed by atoms with van der Waals surface area (Å²) in [6.07, 6.45) is 1.06. The minimum Gasteiger partial charge on any atom is -0.377 e. The van der Waals surface area contributed by atoms with Crippen molar-refractivity contribution in [2.45, 2.75) is 18.0 Å². The van der Waals surface area contributed by atoms with Crippen LogP contribution in [-0.4, -0.2) is 80.8 Å². The van der Waals surface area contributed by atoms with Gasteiger partial charge in [0.25, 0.3) is 0 Å². The molecule has 0 saturated carbocycles. The Kier molecular flexibility index (Phi) is 9.99. The molecule has 0 aliphatic rings. The van der Waals surface area contributed by atoms with E-state index >= 15 is 0 Å². The van der Waals surface area contributed by atoms with Gasteiger partial charge in [-0.2, -0.15) is 21.6 Å². The van der Waals surface area contributed by atoms with E-state index in [-0.39, 0.29) is 0 Å². The van der Waals surface area contributed by atoms with Gasteiger partial charge in [0, 0.05) is 33.8 Å². The van der Waals surface area contributed by atoms with Gasteiger partial charge in [0.2, 0.25) is 0 Å². The van der Waals surface area contributed by atoms with Crippen LogP contribution in [-0.2, 0) is 23.4 Å². The molecule has 0 amide bonds. The number of nitrogens with zero attached hydrogens (tertiary/aromatic N) is 1. The molecule has 1 N–H and O–H groups in total. The van der Waals surface area contributed by atoms with Gasteiger partial charge in [-0.1, -0.05) is 0 Å². The highest BCUT2D eigenvalue weighted by Gasteiger charge is 2.44. The number of hydrogen-bond acceptors (Lipinski definition) is 5. The lowest BCUT2D eigenvalue weighted by Crippen LogP contribution is -2.44. The average Bonchev–Trinajstić information content (AvgIpc) is 2.32. The van der Waals surface area contributed by atoms with Crippen LogP contribution in [0.25, 0.3) is 0 Å². The maximum Gasteiger partial charge on any atom is 0.522 e. The molecule has 12 heteroatoms. The van der Waals surface area contributed by atoms with Crippen molar-refractivity contribution in [2.75, 3.05) is 49.0 Å². The van der Waals surface area contributed by atoms with Crippen LogP contribution < -0.4 is 0 Å². The van der Waals surface area contributed by atoms with Gasteiger partial charge in [-0.25, -0.2) is 0 Å². The SMILES string of the molecule is CO[Si](CCC[N+](C)(C)C)(OC)OC.O=S(=O)(O)C(F)(F)F. The van der Waals surface area contributed by atoms with Crippen LogP contribution in [0.1, 0.15) is 6.42 Å². The third-order valence-corrected chi connectivity index (χ3v) is 5.95. The van der Waals surface area contributed by atoms with Gasteiger partial charge in [-0.05, 0) is 0 Å². The zero-order chi connectivity index (χ0) is 18.2. The first kappa shape index (κ1) is 24.0. The van der Waals surface area contributed by atoms with Crippen LogP contribution >= 0.6 is 0 Å². The third kappa shape index (κ3) is 10.5. The van der Waals surface area contributed by atoms with Crippen molar-refractivity contribution in [2.24, 2.45) is 0 Å². The zero-order valence-electron chi connectivity index (χ0n) is 13.6. The lowest BCUT2D eigenvalue weighted by atomic mass is 10.4. The van der Waals surface area contributed by atoms with Crippen LogP contribution in [0.5, 0.6) is 0 Å². The largest absolute Gasteiger partial charge is 0.522 e. The molecule has 0 atom stereocenters. The van der Waals surface area contributed by atoms with Gasteiger partial charge in [0.15, 0.2) is 0 Å². The predicted octanol–water partition coefficient (Wildman–Crippen LogP) is 1.35. The predicted molar refractivity (Wildman–Crippen MR) is 76.7 cm³/mol. The Morgan fingerprint density at radius 2 is 1.36 bits per heavy atom. The van der Waals surface area contributed by atoms with Gasteiger partial charge in [-0.3, -0.25) is 4.55 Å². The molecule has 0 aliphatic heterocycles. The lowest BCUT2D eigenvalue weighted by molar-refractivity contribution is -0.870. The number of halogens is 3. The van der Waals surface area contributed by atoms with E-state index in [4.69, 9.17) is 26.2 Å². The van der Waals surface area contributed by atoms with E-state index in [1.165, 1.54) is 0 Å². The van der Waals surface area contributed by atoms with Crippen molar-refractivity contribution in [3.8, 4) is 0 Å². The second-order valence-corrected chi connectivity index (χ2v) is 9.84. The second kappa shape index (κ2) is 9.15. The van der Waals surface area contributed by atoms with Crippen LogP contribution in [0.15, 0.2) is 0 Å². The third-order valence-electron chi connectivity index (χ3n) is 2.54. The van der Waals surface area contributed by atoms with Crippen LogP contribution in [0, 0.1) is 0 Å². The summed E-state index contributed by atoms with van der Waals surface area (Å²) in [6.45, 7) is 1.10. The summed E-state index contributed by atoms with van der Waals surface area (Å²) in [5.74, 6) is 0. The Bertz CT molecular complexity index is 398. The van der Waals surface area contributed by atoms with Gasteiger partial charge >= 0.3 is 24.4 Å². The minimum atomic E-state index is -5.84. The Hall–Kier alpha value is -0.243. The molecule has 136 valence electrons. The summed E-state index contributed by atoms with van der Waals surface area (Å²) in [7, 11) is 3.33. The monoisotopic (exact) mass is 372 g/mol. The normalized spacial score (nSPS) is 13.5. The molecule has 0 radical (unpaired) electrons. The molecule has 22 heavy (non-hydrogen) atoms. The molecule has 0 aliphatic carbocycles. The first-order valence-corrected chi connectivity index (χ1v) is 9.51.